The van der Waals surface area contributed by atoms with E-state index in [1.165, 1.54) is 19.6 Å². The van der Waals surface area contributed by atoms with E-state index in [-0.39, 0.29) is 17.7 Å². The van der Waals surface area contributed by atoms with Gasteiger partial charge in [0.05, 0.1) is 42.1 Å². The Balaban J connectivity index is 2.12. The monoisotopic (exact) mass is 456 g/mol. The normalized spacial score (nSPS) is 12.7. The molecule has 9 heteroatoms. The Morgan fingerprint density at radius 3 is 2.61 bits per heavy atom. The number of esters is 1. The number of amides is 1. The van der Waals surface area contributed by atoms with Gasteiger partial charge in [0.25, 0.3) is 5.91 Å². The largest absolute Gasteiger partial charge is 0.472 e. The van der Waals surface area contributed by atoms with Crippen molar-refractivity contribution in [2.24, 2.45) is 5.92 Å². The molecule has 0 aliphatic heterocycles. The van der Waals surface area contributed by atoms with Crippen LogP contribution in [0.15, 0.2) is 35.3 Å². The van der Waals surface area contributed by atoms with Crippen LogP contribution in [-0.4, -0.2) is 45.3 Å². The van der Waals surface area contributed by atoms with E-state index >= 15 is 0 Å². The van der Waals surface area contributed by atoms with E-state index in [0.29, 0.717) is 40.9 Å². The maximum Gasteiger partial charge on any atom is 0.356 e. The zero-order chi connectivity index (χ0) is 24.3. The predicted octanol–water partition coefficient (Wildman–Crippen LogP) is 4.29. The molecule has 178 valence electrons. The minimum Gasteiger partial charge on any atom is -0.472 e. The summed E-state index contributed by atoms with van der Waals surface area (Å²) in [7, 11) is 1.31. The molecule has 3 heterocycles. The summed E-state index contributed by atoms with van der Waals surface area (Å²) in [6.07, 6.45) is 4.95. The minimum absolute atomic E-state index is 0.0361. The first-order valence-electron chi connectivity index (χ1n) is 10.9. The van der Waals surface area contributed by atoms with Crippen molar-refractivity contribution < 1.29 is 23.8 Å². The number of nitrogens with zero attached hydrogens (tertiary/aromatic N) is 2. The van der Waals surface area contributed by atoms with Crippen molar-refractivity contribution >= 4 is 34.3 Å². The summed E-state index contributed by atoms with van der Waals surface area (Å²) in [6, 6.07) is 3.35. The third kappa shape index (κ3) is 5.73. The molecular weight excluding hydrogens is 424 g/mol. The van der Waals surface area contributed by atoms with Gasteiger partial charge >= 0.3 is 5.97 Å². The Hall–Kier alpha value is -3.33. The van der Waals surface area contributed by atoms with Gasteiger partial charge in [-0.3, -0.25) is 4.79 Å². The first-order chi connectivity index (χ1) is 15.5. The number of fused-ring (bicyclic) bond motifs is 1. The van der Waals surface area contributed by atoms with E-state index < -0.39 is 17.5 Å². The molecule has 0 aliphatic rings. The average molecular weight is 457 g/mol. The SMILES string of the molecule is COC(=O)c1c(NC(=O)c2ccoc2)c2cc(N[C@H](C)CC(C)(C)O)cnc2n1CC(C)C. The van der Waals surface area contributed by atoms with Crippen LogP contribution in [-0.2, 0) is 11.3 Å². The van der Waals surface area contributed by atoms with Crippen molar-refractivity contribution in [2.75, 3.05) is 17.7 Å². The number of hydrogen-bond donors (Lipinski definition) is 3. The second-order valence-electron chi connectivity index (χ2n) is 9.34. The number of furan rings is 1. The summed E-state index contributed by atoms with van der Waals surface area (Å²) < 4.78 is 11.8. The molecule has 1 atom stereocenters. The Bertz CT molecular complexity index is 1130. The number of methoxy groups -OCH3 is 1. The van der Waals surface area contributed by atoms with Crippen LogP contribution in [0, 0.1) is 5.92 Å². The predicted molar refractivity (Wildman–Crippen MR) is 127 cm³/mol. The highest BCUT2D eigenvalue weighted by Crippen LogP contribution is 2.34. The number of ether oxygens (including phenoxy) is 1. The van der Waals surface area contributed by atoms with Crippen molar-refractivity contribution in [3.8, 4) is 0 Å². The number of pyridine rings is 1. The van der Waals surface area contributed by atoms with Crippen LogP contribution in [0.25, 0.3) is 11.0 Å². The quantitative estimate of drug-likeness (QED) is 0.411. The summed E-state index contributed by atoms with van der Waals surface area (Å²) >= 11 is 0. The lowest BCUT2D eigenvalue weighted by atomic mass is 10.0. The Labute approximate surface area is 193 Å². The van der Waals surface area contributed by atoms with Crippen LogP contribution in [0.4, 0.5) is 11.4 Å². The number of hydrogen-bond acceptors (Lipinski definition) is 7. The average Bonchev–Trinajstić information content (AvgIpc) is 3.33. The zero-order valence-electron chi connectivity index (χ0n) is 19.9. The van der Waals surface area contributed by atoms with Gasteiger partial charge in [-0.25, -0.2) is 9.78 Å². The molecule has 3 aromatic rings. The zero-order valence-corrected chi connectivity index (χ0v) is 19.9. The molecule has 0 radical (unpaired) electrons. The highest BCUT2D eigenvalue weighted by molar-refractivity contribution is 6.14. The minimum atomic E-state index is -0.827. The van der Waals surface area contributed by atoms with Gasteiger partial charge in [-0.1, -0.05) is 13.8 Å². The lowest BCUT2D eigenvalue weighted by molar-refractivity contribution is 0.0588. The molecule has 3 rings (SSSR count). The van der Waals surface area contributed by atoms with E-state index in [9.17, 15) is 14.7 Å². The van der Waals surface area contributed by atoms with Crippen molar-refractivity contribution in [3.63, 3.8) is 0 Å². The van der Waals surface area contributed by atoms with Gasteiger partial charge in [0.2, 0.25) is 0 Å². The second-order valence-corrected chi connectivity index (χ2v) is 9.34. The van der Waals surface area contributed by atoms with Gasteiger partial charge in [0.15, 0.2) is 5.69 Å². The number of rotatable bonds is 9. The van der Waals surface area contributed by atoms with Gasteiger partial charge in [-0.05, 0) is 45.2 Å². The molecule has 0 unspecified atom stereocenters. The Morgan fingerprint density at radius 2 is 2.03 bits per heavy atom. The topological polar surface area (TPSA) is 119 Å². The summed E-state index contributed by atoms with van der Waals surface area (Å²) in [4.78, 5) is 30.3. The fourth-order valence-electron chi connectivity index (χ4n) is 3.95. The van der Waals surface area contributed by atoms with E-state index in [2.05, 4.69) is 15.6 Å². The second kappa shape index (κ2) is 9.66. The Morgan fingerprint density at radius 1 is 1.30 bits per heavy atom. The molecule has 0 saturated carbocycles. The van der Waals surface area contributed by atoms with Crippen molar-refractivity contribution in [1.29, 1.82) is 0 Å². The van der Waals surface area contributed by atoms with Crippen LogP contribution < -0.4 is 10.6 Å². The smallest absolute Gasteiger partial charge is 0.356 e. The van der Waals surface area contributed by atoms with Crippen LogP contribution in [0.3, 0.4) is 0 Å². The number of anilines is 2. The lowest BCUT2D eigenvalue weighted by Crippen LogP contribution is -2.29. The van der Waals surface area contributed by atoms with Crippen molar-refractivity contribution in [1.82, 2.24) is 9.55 Å². The molecule has 0 aliphatic carbocycles. The molecule has 1 amide bonds. The fourth-order valence-corrected chi connectivity index (χ4v) is 3.95. The van der Waals surface area contributed by atoms with Crippen LogP contribution in [0.5, 0.6) is 0 Å². The first kappa shape index (κ1) is 24.3. The third-order valence-corrected chi connectivity index (χ3v) is 5.07. The van der Waals surface area contributed by atoms with E-state index in [1.807, 2.05) is 26.8 Å². The number of aliphatic hydroxyl groups is 1. The highest BCUT2D eigenvalue weighted by Gasteiger charge is 2.27. The fraction of sp³-hybridized carbons (Fsp3) is 0.458. The molecule has 9 nitrogen and oxygen atoms in total. The van der Waals surface area contributed by atoms with Gasteiger partial charge in [-0.15, -0.1) is 0 Å². The van der Waals surface area contributed by atoms with Gasteiger partial charge < -0.3 is 29.5 Å². The molecule has 0 fully saturated rings. The molecule has 0 aromatic carbocycles. The van der Waals surface area contributed by atoms with E-state index in [0.717, 1.165) is 0 Å². The van der Waals surface area contributed by atoms with Gasteiger partial charge in [0.1, 0.15) is 11.9 Å². The molecule has 3 N–H and O–H groups in total. The number of carbonyl (C=O) groups excluding carboxylic acids is 2. The summed E-state index contributed by atoms with van der Waals surface area (Å²) in [5.74, 6) is -0.764. The maximum atomic E-state index is 12.8. The number of aromatic nitrogens is 2. The van der Waals surface area contributed by atoms with Crippen LogP contribution in [0.1, 0.15) is 61.9 Å². The van der Waals surface area contributed by atoms with Crippen molar-refractivity contribution in [2.45, 2.75) is 59.2 Å². The van der Waals surface area contributed by atoms with E-state index in [4.69, 9.17) is 9.15 Å². The van der Waals surface area contributed by atoms with E-state index in [1.54, 1.807) is 30.7 Å². The Kier molecular flexibility index (Phi) is 7.12. The molecular formula is C24H32N4O5. The number of carbonyl (C=O) groups is 2. The lowest BCUT2D eigenvalue weighted by Gasteiger charge is -2.23. The standard InChI is InChI=1S/C24H32N4O5/c1-14(2)12-28-20(23(30)32-6)19(27-22(29)16-7-8-33-13-16)18-9-17(11-25-21(18)28)26-15(3)10-24(4,5)31/h7-9,11,13-15,26,31H,10,12H2,1-6H3,(H,27,29)/t15-/m1/s1. The highest BCUT2D eigenvalue weighted by atomic mass is 16.5. The molecule has 33 heavy (non-hydrogen) atoms. The molecule has 0 spiro atoms. The number of nitrogens with one attached hydrogen (secondary N) is 2. The van der Waals surface area contributed by atoms with Gasteiger partial charge in [-0.2, -0.15) is 0 Å². The first-order valence-corrected chi connectivity index (χ1v) is 10.9. The maximum absolute atomic E-state index is 12.8. The molecule has 3 aromatic heterocycles. The molecule has 0 saturated heterocycles. The van der Waals surface area contributed by atoms with Gasteiger partial charge in [0, 0.05) is 18.0 Å². The summed E-state index contributed by atoms with van der Waals surface area (Å²) in [5.41, 5.74) is 1.33. The third-order valence-electron chi connectivity index (χ3n) is 5.07. The van der Waals surface area contributed by atoms with Crippen LogP contribution in [0.2, 0.25) is 0 Å². The van der Waals surface area contributed by atoms with Crippen LogP contribution >= 0.6 is 0 Å². The summed E-state index contributed by atoms with van der Waals surface area (Å²) in [5, 5.41) is 16.9. The van der Waals surface area contributed by atoms with Crippen molar-refractivity contribution in [3.05, 3.63) is 42.1 Å². The molecule has 0 bridgehead atoms. The summed E-state index contributed by atoms with van der Waals surface area (Å²) in [6.45, 7) is 10.1.